The minimum Gasteiger partial charge on any atom is -0.392 e. The van der Waals surface area contributed by atoms with Gasteiger partial charge in [-0.25, -0.2) is 8.78 Å². The first-order chi connectivity index (χ1) is 18.0. The molecule has 0 amide bonds. The molecular formula is C29H28Br2F2N2O3. The van der Waals surface area contributed by atoms with Gasteiger partial charge in [-0.15, -0.1) is 0 Å². The lowest BCUT2D eigenvalue weighted by molar-refractivity contribution is 0.280. The van der Waals surface area contributed by atoms with E-state index in [2.05, 4.69) is 31.9 Å². The standard InChI is InChI=1S/C15H15BrFNO.C14H13BrFNO2/c1-3-11-8-14(16)15(19)18(9-11)10(2)12-4-6-13(17)7-5-12;1-9(11-2-4-12(16)5-3-11)17-7-10(8-18)6-13(15)14(17)19/h4-10H,3H2,1-2H3;2-7,9,18H,8H2,1H3/t10-;9-/m00/s1. The third-order valence-electron chi connectivity index (χ3n) is 6.24. The molecule has 9 heteroatoms. The first-order valence-corrected chi connectivity index (χ1v) is 13.6. The van der Waals surface area contributed by atoms with Gasteiger partial charge >= 0.3 is 0 Å². The summed E-state index contributed by atoms with van der Waals surface area (Å²) >= 11 is 6.48. The van der Waals surface area contributed by atoms with Crippen molar-refractivity contribution in [2.45, 2.75) is 45.9 Å². The van der Waals surface area contributed by atoms with E-state index in [0.717, 1.165) is 23.1 Å². The van der Waals surface area contributed by atoms with Gasteiger partial charge in [0, 0.05) is 12.4 Å². The first kappa shape index (κ1) is 29.7. The lowest BCUT2D eigenvalue weighted by Gasteiger charge is -2.17. The molecule has 0 saturated heterocycles. The molecular weight excluding hydrogens is 622 g/mol. The van der Waals surface area contributed by atoms with Crippen LogP contribution in [0.5, 0.6) is 0 Å². The van der Waals surface area contributed by atoms with Crippen LogP contribution < -0.4 is 11.1 Å². The lowest BCUT2D eigenvalue weighted by atomic mass is 10.1. The van der Waals surface area contributed by atoms with Crippen LogP contribution in [0, 0.1) is 11.6 Å². The van der Waals surface area contributed by atoms with Gasteiger partial charge in [-0.3, -0.25) is 9.59 Å². The number of hydrogen-bond donors (Lipinski definition) is 1. The second-order valence-electron chi connectivity index (χ2n) is 8.78. The zero-order valence-electron chi connectivity index (χ0n) is 21.2. The third-order valence-corrected chi connectivity index (χ3v) is 7.38. The fourth-order valence-corrected chi connectivity index (χ4v) is 4.90. The Bertz CT molecular complexity index is 1390. The minimum absolute atomic E-state index is 0.0750. The van der Waals surface area contributed by atoms with Crippen molar-refractivity contribution in [3.05, 3.63) is 137 Å². The molecule has 0 spiro atoms. The highest BCUT2D eigenvalue weighted by molar-refractivity contribution is 9.10. The Morgan fingerprint density at radius 2 is 1.11 bits per heavy atom. The molecule has 0 unspecified atom stereocenters. The van der Waals surface area contributed by atoms with Gasteiger partial charge in [0.2, 0.25) is 0 Å². The summed E-state index contributed by atoms with van der Waals surface area (Å²) in [5.41, 5.74) is 3.19. The highest BCUT2D eigenvalue weighted by atomic mass is 79.9. The fraction of sp³-hybridized carbons (Fsp3) is 0.241. The number of nitrogens with zero attached hydrogens (tertiary/aromatic N) is 2. The predicted molar refractivity (Wildman–Crippen MR) is 153 cm³/mol. The van der Waals surface area contributed by atoms with Crippen LogP contribution in [0.3, 0.4) is 0 Å². The van der Waals surface area contributed by atoms with Gasteiger partial charge in [0.05, 0.1) is 27.6 Å². The third kappa shape index (κ3) is 7.15. The summed E-state index contributed by atoms with van der Waals surface area (Å²) in [6.45, 7) is 5.68. The molecule has 0 aliphatic heterocycles. The van der Waals surface area contributed by atoms with Gasteiger partial charge in [-0.1, -0.05) is 31.2 Å². The van der Waals surface area contributed by atoms with Crippen LogP contribution in [0.1, 0.15) is 55.1 Å². The van der Waals surface area contributed by atoms with Crippen LogP contribution in [0.2, 0.25) is 0 Å². The van der Waals surface area contributed by atoms with Crippen LogP contribution in [0.25, 0.3) is 0 Å². The van der Waals surface area contributed by atoms with Crippen molar-refractivity contribution in [2.24, 2.45) is 0 Å². The van der Waals surface area contributed by atoms with E-state index in [9.17, 15) is 23.5 Å². The summed E-state index contributed by atoms with van der Waals surface area (Å²) in [7, 11) is 0. The van der Waals surface area contributed by atoms with Gasteiger partial charge in [0.1, 0.15) is 11.6 Å². The second-order valence-corrected chi connectivity index (χ2v) is 10.5. The first-order valence-electron chi connectivity index (χ1n) is 12.0. The zero-order chi connectivity index (χ0) is 28.0. The fourth-order valence-electron chi connectivity index (χ4n) is 3.90. The van der Waals surface area contributed by atoms with E-state index < -0.39 is 0 Å². The summed E-state index contributed by atoms with van der Waals surface area (Å²) in [5, 5.41) is 9.18. The van der Waals surface area contributed by atoms with Crippen LogP contribution in [-0.4, -0.2) is 14.2 Å². The van der Waals surface area contributed by atoms with Crippen LogP contribution >= 0.6 is 31.9 Å². The number of benzene rings is 2. The SMILES string of the molecule is CCc1cc(Br)c(=O)n([C@@H](C)c2ccc(F)cc2)c1.C[C@@H](c1ccc(F)cc1)n1cc(CO)cc(Br)c1=O. The Hall–Kier alpha value is -2.88. The monoisotopic (exact) mass is 648 g/mol. The van der Waals surface area contributed by atoms with Gasteiger partial charge in [0.15, 0.2) is 0 Å². The minimum atomic E-state index is -0.311. The highest BCUT2D eigenvalue weighted by Crippen LogP contribution is 2.20. The van der Waals surface area contributed by atoms with E-state index in [1.54, 1.807) is 41.1 Å². The highest BCUT2D eigenvalue weighted by Gasteiger charge is 2.13. The van der Waals surface area contributed by atoms with Gasteiger partial charge in [0.25, 0.3) is 11.1 Å². The van der Waals surface area contributed by atoms with E-state index in [1.807, 2.05) is 33.0 Å². The molecule has 0 aliphatic rings. The normalized spacial score (nSPS) is 12.4. The zero-order valence-corrected chi connectivity index (χ0v) is 24.3. The van der Waals surface area contributed by atoms with E-state index in [1.165, 1.54) is 28.8 Å². The Balaban J connectivity index is 0.000000211. The average molecular weight is 650 g/mol. The largest absolute Gasteiger partial charge is 0.392 e. The van der Waals surface area contributed by atoms with E-state index in [0.29, 0.717) is 14.5 Å². The maximum Gasteiger partial charge on any atom is 0.265 e. The molecule has 4 aromatic rings. The summed E-state index contributed by atoms with van der Waals surface area (Å²) < 4.78 is 30.0. The Morgan fingerprint density at radius 1 is 0.737 bits per heavy atom. The number of aromatic nitrogens is 2. The van der Waals surface area contributed by atoms with Gasteiger partial charge in [-0.2, -0.15) is 0 Å². The topological polar surface area (TPSA) is 64.2 Å². The maximum absolute atomic E-state index is 12.9. The molecule has 0 aliphatic carbocycles. The number of halogens is 4. The van der Waals surface area contributed by atoms with Crippen LogP contribution in [0.15, 0.2) is 91.6 Å². The molecule has 0 saturated carbocycles. The summed E-state index contributed by atoms with van der Waals surface area (Å²) in [5.74, 6) is -0.583. The van der Waals surface area contributed by atoms with Crippen molar-refractivity contribution in [2.75, 3.05) is 0 Å². The van der Waals surface area contributed by atoms with Crippen molar-refractivity contribution in [3.63, 3.8) is 0 Å². The molecule has 2 atom stereocenters. The number of rotatable bonds is 6. The second kappa shape index (κ2) is 13.3. The number of aliphatic hydroxyl groups excluding tert-OH is 1. The van der Waals surface area contributed by atoms with Crippen LogP contribution in [0.4, 0.5) is 8.78 Å². The lowest BCUT2D eigenvalue weighted by Crippen LogP contribution is -2.24. The Morgan fingerprint density at radius 3 is 1.47 bits per heavy atom. The van der Waals surface area contributed by atoms with Gasteiger partial charge in [-0.05, 0) is 111 Å². The summed E-state index contributed by atoms with van der Waals surface area (Å²) in [6, 6.07) is 15.3. The number of hydrogen-bond acceptors (Lipinski definition) is 3. The molecule has 38 heavy (non-hydrogen) atoms. The van der Waals surface area contributed by atoms with Crippen molar-refractivity contribution in [1.29, 1.82) is 0 Å². The molecule has 2 aromatic carbocycles. The quantitative estimate of drug-likeness (QED) is 0.251. The molecule has 0 fully saturated rings. The van der Waals surface area contributed by atoms with E-state index in [-0.39, 0.29) is 41.4 Å². The summed E-state index contributed by atoms with van der Waals surface area (Å²) in [6.07, 6.45) is 4.33. The van der Waals surface area contributed by atoms with Gasteiger partial charge < -0.3 is 14.2 Å². The Kier molecular flexibility index (Phi) is 10.4. The van der Waals surface area contributed by atoms with Crippen molar-refractivity contribution in [1.82, 2.24) is 9.13 Å². The molecule has 200 valence electrons. The Labute approximate surface area is 236 Å². The molecule has 2 aromatic heterocycles. The van der Waals surface area contributed by atoms with E-state index >= 15 is 0 Å². The van der Waals surface area contributed by atoms with E-state index in [4.69, 9.17) is 0 Å². The van der Waals surface area contributed by atoms with Crippen molar-refractivity contribution in [3.8, 4) is 0 Å². The summed E-state index contributed by atoms with van der Waals surface area (Å²) in [4.78, 5) is 24.2. The maximum atomic E-state index is 12.9. The van der Waals surface area contributed by atoms with Crippen molar-refractivity contribution < 1.29 is 13.9 Å². The molecule has 2 heterocycles. The molecule has 4 rings (SSSR count). The number of pyridine rings is 2. The molecule has 0 bridgehead atoms. The average Bonchev–Trinajstić information content (AvgIpc) is 2.92. The number of aliphatic hydroxyl groups is 1. The molecule has 0 radical (unpaired) electrons. The predicted octanol–water partition coefficient (Wildman–Crippen LogP) is 6.77. The van der Waals surface area contributed by atoms with Crippen molar-refractivity contribution >= 4 is 31.9 Å². The molecule has 1 N–H and O–H groups in total. The molecule has 5 nitrogen and oxygen atoms in total. The smallest absolute Gasteiger partial charge is 0.265 e. The number of aryl methyl sites for hydroxylation is 1. The van der Waals surface area contributed by atoms with Crippen LogP contribution in [-0.2, 0) is 13.0 Å².